The van der Waals surface area contributed by atoms with Crippen molar-refractivity contribution in [1.29, 1.82) is 0 Å². The molecule has 2 heteroatoms. The molecule has 1 aliphatic carbocycles. The number of ether oxygens (including phenoxy) is 1. The van der Waals surface area contributed by atoms with Crippen LogP contribution in [0.4, 0.5) is 0 Å². The monoisotopic (exact) mass is 274 g/mol. The van der Waals surface area contributed by atoms with E-state index in [4.69, 9.17) is 4.74 Å². The van der Waals surface area contributed by atoms with E-state index in [-0.39, 0.29) is 5.41 Å². The van der Waals surface area contributed by atoms with Crippen LogP contribution in [0.5, 0.6) is 0 Å². The van der Waals surface area contributed by atoms with Crippen molar-refractivity contribution in [3.8, 4) is 0 Å². The molecule has 0 radical (unpaired) electrons. The molecule has 1 aliphatic rings. The summed E-state index contributed by atoms with van der Waals surface area (Å²) < 4.78 is 5.70. The molecule has 0 bridgehead atoms. The highest BCUT2D eigenvalue weighted by molar-refractivity contribution is 5.79. The van der Waals surface area contributed by atoms with Crippen LogP contribution in [0.15, 0.2) is 30.3 Å². The molecule has 0 aliphatic heterocycles. The van der Waals surface area contributed by atoms with Crippen LogP contribution in [-0.2, 0) is 16.1 Å². The Balaban J connectivity index is 1.56. The van der Waals surface area contributed by atoms with Crippen LogP contribution in [0.25, 0.3) is 0 Å². The van der Waals surface area contributed by atoms with E-state index in [9.17, 15) is 4.79 Å². The first kappa shape index (κ1) is 15.2. The maximum Gasteiger partial charge on any atom is 0.133 e. The van der Waals surface area contributed by atoms with Crippen LogP contribution in [-0.4, -0.2) is 12.4 Å². The fraction of sp³-hybridized carbons (Fsp3) is 0.611. The largest absolute Gasteiger partial charge is 0.377 e. The Hall–Kier alpha value is -1.15. The summed E-state index contributed by atoms with van der Waals surface area (Å²) in [6.45, 7) is 3.80. The number of rotatable bonds is 7. The van der Waals surface area contributed by atoms with Crippen LogP contribution in [0.2, 0.25) is 0 Å². The minimum absolute atomic E-state index is 0.259. The van der Waals surface area contributed by atoms with E-state index < -0.39 is 0 Å². The van der Waals surface area contributed by atoms with Crippen molar-refractivity contribution >= 4 is 5.78 Å². The lowest BCUT2D eigenvalue weighted by Crippen LogP contribution is -2.25. The van der Waals surface area contributed by atoms with Crippen molar-refractivity contribution in [3.63, 3.8) is 0 Å². The first-order valence-corrected chi connectivity index (χ1v) is 7.81. The Bertz CT molecular complexity index is 413. The molecule has 2 rings (SSSR count). The molecule has 0 aromatic heterocycles. The van der Waals surface area contributed by atoms with Gasteiger partial charge in [-0.15, -0.1) is 0 Å². The number of benzene rings is 1. The smallest absolute Gasteiger partial charge is 0.133 e. The SMILES string of the molecule is CC1(CCCCOCc2ccccc2)CCCC(=O)C1. The molecule has 110 valence electrons. The molecule has 0 heterocycles. The zero-order valence-electron chi connectivity index (χ0n) is 12.6. The van der Waals surface area contributed by atoms with Gasteiger partial charge in [-0.25, -0.2) is 0 Å². The van der Waals surface area contributed by atoms with Gasteiger partial charge in [0.25, 0.3) is 0 Å². The quantitative estimate of drug-likeness (QED) is 0.683. The second kappa shape index (κ2) is 7.58. The van der Waals surface area contributed by atoms with Gasteiger partial charge in [-0.05, 0) is 36.7 Å². The summed E-state index contributed by atoms with van der Waals surface area (Å²) in [6, 6.07) is 10.3. The third-order valence-corrected chi connectivity index (χ3v) is 4.29. The highest BCUT2D eigenvalue weighted by Gasteiger charge is 2.30. The number of Topliss-reactive ketones (excluding diaryl/α,β-unsaturated/α-hetero) is 1. The van der Waals surface area contributed by atoms with Crippen LogP contribution in [0.1, 0.15) is 57.4 Å². The van der Waals surface area contributed by atoms with Gasteiger partial charge < -0.3 is 4.74 Å². The third-order valence-electron chi connectivity index (χ3n) is 4.29. The van der Waals surface area contributed by atoms with Gasteiger partial charge in [-0.2, -0.15) is 0 Å². The van der Waals surface area contributed by atoms with Gasteiger partial charge in [-0.3, -0.25) is 4.79 Å². The summed E-state index contributed by atoms with van der Waals surface area (Å²) in [6.07, 6.45) is 7.31. The van der Waals surface area contributed by atoms with Gasteiger partial charge >= 0.3 is 0 Å². The van der Waals surface area contributed by atoms with Crippen molar-refractivity contribution in [2.24, 2.45) is 5.41 Å². The lowest BCUT2D eigenvalue weighted by molar-refractivity contribution is -0.123. The van der Waals surface area contributed by atoms with E-state index in [1.807, 2.05) is 18.2 Å². The molecule has 2 nitrogen and oxygen atoms in total. The molecule has 1 unspecified atom stereocenters. The van der Waals surface area contributed by atoms with Crippen LogP contribution >= 0.6 is 0 Å². The predicted molar refractivity (Wildman–Crippen MR) is 81.5 cm³/mol. The maximum absolute atomic E-state index is 11.5. The molecule has 1 aromatic rings. The van der Waals surface area contributed by atoms with Crippen molar-refractivity contribution in [2.45, 2.75) is 58.5 Å². The lowest BCUT2D eigenvalue weighted by Gasteiger charge is -2.32. The van der Waals surface area contributed by atoms with E-state index in [2.05, 4.69) is 19.1 Å². The fourth-order valence-corrected chi connectivity index (χ4v) is 3.10. The lowest BCUT2D eigenvalue weighted by atomic mass is 9.72. The van der Waals surface area contributed by atoms with E-state index in [0.717, 1.165) is 38.7 Å². The number of ketones is 1. The molecule has 1 aromatic carbocycles. The average molecular weight is 274 g/mol. The average Bonchev–Trinajstić information content (AvgIpc) is 2.43. The van der Waals surface area contributed by atoms with Crippen molar-refractivity contribution in [2.75, 3.05) is 6.61 Å². The highest BCUT2D eigenvalue weighted by Crippen LogP contribution is 2.38. The summed E-state index contributed by atoms with van der Waals surface area (Å²) in [5.74, 6) is 0.457. The van der Waals surface area contributed by atoms with Crippen molar-refractivity contribution in [1.82, 2.24) is 0 Å². The second-order valence-electron chi connectivity index (χ2n) is 6.37. The van der Waals surface area contributed by atoms with Gasteiger partial charge in [0.1, 0.15) is 5.78 Å². The minimum Gasteiger partial charge on any atom is -0.377 e. The van der Waals surface area contributed by atoms with Crippen molar-refractivity contribution < 1.29 is 9.53 Å². The zero-order valence-corrected chi connectivity index (χ0v) is 12.6. The first-order valence-electron chi connectivity index (χ1n) is 7.81. The number of carbonyl (C=O) groups excluding carboxylic acids is 1. The molecule has 20 heavy (non-hydrogen) atoms. The molecule has 0 N–H and O–H groups in total. The Morgan fingerprint density at radius 2 is 2.00 bits per heavy atom. The maximum atomic E-state index is 11.5. The first-order chi connectivity index (χ1) is 9.68. The van der Waals surface area contributed by atoms with Gasteiger partial charge in [0, 0.05) is 19.4 Å². The fourth-order valence-electron chi connectivity index (χ4n) is 3.10. The van der Waals surface area contributed by atoms with Gasteiger partial charge in [0.05, 0.1) is 6.61 Å². The normalized spacial score (nSPS) is 22.9. The molecular weight excluding hydrogens is 248 g/mol. The summed E-state index contributed by atoms with van der Waals surface area (Å²) in [4.78, 5) is 11.5. The van der Waals surface area contributed by atoms with E-state index in [1.54, 1.807) is 0 Å². The highest BCUT2D eigenvalue weighted by atomic mass is 16.5. The molecular formula is C18H26O2. The Labute approximate surface area is 122 Å². The van der Waals surface area contributed by atoms with Gasteiger partial charge in [0.15, 0.2) is 0 Å². The van der Waals surface area contributed by atoms with Crippen LogP contribution in [0, 0.1) is 5.41 Å². The minimum atomic E-state index is 0.259. The summed E-state index contributed by atoms with van der Waals surface area (Å²) in [7, 11) is 0. The molecule has 1 fully saturated rings. The molecule has 1 saturated carbocycles. The Morgan fingerprint density at radius 3 is 2.75 bits per heavy atom. The molecule has 1 atom stereocenters. The zero-order chi connectivity index (χ0) is 14.3. The topological polar surface area (TPSA) is 26.3 Å². The van der Waals surface area contributed by atoms with E-state index in [0.29, 0.717) is 12.4 Å². The predicted octanol–water partition coefficient (Wildman–Crippen LogP) is 4.52. The standard InChI is InChI=1S/C18H26O2/c1-18(12-7-10-17(19)14-18)11-5-6-13-20-15-16-8-3-2-4-9-16/h2-4,8-9H,5-7,10-15H2,1H3. The number of hydrogen-bond acceptors (Lipinski definition) is 2. The van der Waals surface area contributed by atoms with E-state index >= 15 is 0 Å². The number of hydrogen-bond donors (Lipinski definition) is 0. The van der Waals surface area contributed by atoms with Crippen LogP contribution < -0.4 is 0 Å². The molecule has 0 saturated heterocycles. The summed E-state index contributed by atoms with van der Waals surface area (Å²) in [5.41, 5.74) is 1.49. The second-order valence-corrected chi connectivity index (χ2v) is 6.37. The van der Waals surface area contributed by atoms with Crippen LogP contribution in [0.3, 0.4) is 0 Å². The van der Waals surface area contributed by atoms with Crippen molar-refractivity contribution in [3.05, 3.63) is 35.9 Å². The van der Waals surface area contributed by atoms with E-state index in [1.165, 1.54) is 18.4 Å². The Kier molecular flexibility index (Phi) is 5.78. The molecule has 0 spiro atoms. The number of unbranched alkanes of at least 4 members (excludes halogenated alkanes) is 1. The van der Waals surface area contributed by atoms with Gasteiger partial charge in [-0.1, -0.05) is 43.7 Å². The van der Waals surface area contributed by atoms with Gasteiger partial charge in [0.2, 0.25) is 0 Å². The Morgan fingerprint density at radius 1 is 1.20 bits per heavy atom. The third kappa shape index (κ3) is 5.09. The number of carbonyl (C=O) groups is 1. The molecule has 0 amide bonds. The summed E-state index contributed by atoms with van der Waals surface area (Å²) >= 11 is 0. The summed E-state index contributed by atoms with van der Waals surface area (Å²) in [5, 5.41) is 0.